The summed E-state index contributed by atoms with van der Waals surface area (Å²) in [7, 11) is 0. The van der Waals surface area contributed by atoms with Crippen LogP contribution in [0.1, 0.15) is 38.3 Å². The molecule has 1 heterocycles. The van der Waals surface area contributed by atoms with Crippen LogP contribution >= 0.6 is 0 Å². The van der Waals surface area contributed by atoms with E-state index in [2.05, 4.69) is 15.6 Å². The van der Waals surface area contributed by atoms with Crippen molar-refractivity contribution in [3.8, 4) is 6.07 Å². The maximum absolute atomic E-state index is 13.9. The second kappa shape index (κ2) is 9.18. The van der Waals surface area contributed by atoms with Crippen LogP contribution in [-0.2, 0) is 11.3 Å². The Hall–Kier alpha value is -2.62. The van der Waals surface area contributed by atoms with E-state index >= 15 is 0 Å². The van der Waals surface area contributed by atoms with Crippen molar-refractivity contribution in [3.05, 3.63) is 35.1 Å². The summed E-state index contributed by atoms with van der Waals surface area (Å²) in [5.41, 5.74) is 0.789. The lowest BCUT2D eigenvalue weighted by Gasteiger charge is -2.20. The molecule has 1 unspecified atom stereocenters. The van der Waals surface area contributed by atoms with Gasteiger partial charge in [-0.15, -0.1) is 0 Å². The highest BCUT2D eigenvalue weighted by atomic mass is 19.1. The molecule has 1 aromatic carbocycles. The van der Waals surface area contributed by atoms with Crippen molar-refractivity contribution in [2.24, 2.45) is 10.9 Å². The summed E-state index contributed by atoms with van der Waals surface area (Å²) in [6.07, 6.45) is 0.848. The molecule has 0 bridgehead atoms. The number of nitrogens with one attached hydrogen (secondary N) is 2. The predicted molar refractivity (Wildman–Crippen MR) is 98.9 cm³/mol. The van der Waals surface area contributed by atoms with Crippen molar-refractivity contribution in [3.63, 3.8) is 0 Å². The first-order valence-corrected chi connectivity index (χ1v) is 8.96. The first-order chi connectivity index (χ1) is 12.4. The van der Waals surface area contributed by atoms with Gasteiger partial charge in [-0.1, -0.05) is 13.8 Å². The summed E-state index contributed by atoms with van der Waals surface area (Å²) in [6, 6.07) is 6.38. The standard InChI is InChI=1S/C19H26FN5O/c1-4-22-19(23-11-15-9-14(10-21)5-6-17(15)20)24-16-7-8-25(12-16)18(26)13(2)3/h5-6,9,13,16H,4,7-8,11-12H2,1-3H3,(H2,22,23,24). The van der Waals surface area contributed by atoms with Gasteiger partial charge >= 0.3 is 0 Å². The second-order valence-electron chi connectivity index (χ2n) is 6.68. The maximum atomic E-state index is 13.9. The monoisotopic (exact) mass is 359 g/mol. The molecular formula is C19H26FN5O. The SMILES string of the molecule is CCNC(=NCc1cc(C#N)ccc1F)NC1CCN(C(=O)C(C)C)C1. The first kappa shape index (κ1) is 19.7. The van der Waals surface area contributed by atoms with E-state index in [4.69, 9.17) is 5.26 Å². The molecule has 7 heteroatoms. The molecule has 1 atom stereocenters. The molecule has 0 aromatic heterocycles. The number of nitriles is 1. The third-order valence-electron chi connectivity index (χ3n) is 4.26. The number of likely N-dealkylation sites (tertiary alicyclic amines) is 1. The highest BCUT2D eigenvalue weighted by molar-refractivity contribution is 5.81. The normalized spacial score (nSPS) is 17.3. The lowest BCUT2D eigenvalue weighted by Crippen LogP contribution is -2.45. The Balaban J connectivity index is 2.02. The van der Waals surface area contributed by atoms with E-state index in [-0.39, 0.29) is 30.2 Å². The number of guanidine groups is 1. The van der Waals surface area contributed by atoms with Crippen LogP contribution in [0.4, 0.5) is 4.39 Å². The van der Waals surface area contributed by atoms with Crippen molar-refractivity contribution in [1.82, 2.24) is 15.5 Å². The summed E-state index contributed by atoms with van der Waals surface area (Å²) in [4.78, 5) is 18.4. The number of hydrogen-bond acceptors (Lipinski definition) is 3. The second-order valence-corrected chi connectivity index (χ2v) is 6.68. The van der Waals surface area contributed by atoms with Crippen LogP contribution in [0.15, 0.2) is 23.2 Å². The lowest BCUT2D eigenvalue weighted by atomic mass is 10.1. The van der Waals surface area contributed by atoms with Gasteiger partial charge in [0.2, 0.25) is 5.91 Å². The average Bonchev–Trinajstić information content (AvgIpc) is 3.08. The van der Waals surface area contributed by atoms with Gasteiger partial charge in [0, 0.05) is 37.2 Å². The third-order valence-corrected chi connectivity index (χ3v) is 4.26. The van der Waals surface area contributed by atoms with E-state index in [0.717, 1.165) is 13.0 Å². The predicted octanol–water partition coefficient (Wildman–Crippen LogP) is 2.01. The van der Waals surface area contributed by atoms with Crippen LogP contribution in [0.2, 0.25) is 0 Å². The van der Waals surface area contributed by atoms with Crippen LogP contribution in [0.25, 0.3) is 0 Å². The quantitative estimate of drug-likeness (QED) is 0.622. The van der Waals surface area contributed by atoms with Gasteiger partial charge < -0.3 is 15.5 Å². The molecule has 0 saturated carbocycles. The number of carbonyl (C=O) groups is 1. The van der Waals surface area contributed by atoms with E-state index in [1.165, 1.54) is 18.2 Å². The van der Waals surface area contributed by atoms with Crippen molar-refractivity contribution < 1.29 is 9.18 Å². The van der Waals surface area contributed by atoms with E-state index in [1.807, 2.05) is 31.7 Å². The molecule has 2 N–H and O–H groups in total. The van der Waals surface area contributed by atoms with Crippen LogP contribution < -0.4 is 10.6 Å². The summed E-state index contributed by atoms with van der Waals surface area (Å²) < 4.78 is 13.9. The van der Waals surface area contributed by atoms with E-state index in [0.29, 0.717) is 30.2 Å². The smallest absolute Gasteiger partial charge is 0.225 e. The fourth-order valence-electron chi connectivity index (χ4n) is 2.89. The molecule has 1 amide bonds. The van der Waals surface area contributed by atoms with Crippen molar-refractivity contribution >= 4 is 11.9 Å². The molecule has 140 valence electrons. The molecule has 1 aliphatic rings. The lowest BCUT2D eigenvalue weighted by molar-refractivity contribution is -0.133. The molecular weight excluding hydrogens is 333 g/mol. The molecule has 0 spiro atoms. The van der Waals surface area contributed by atoms with Crippen LogP contribution in [0, 0.1) is 23.1 Å². The summed E-state index contributed by atoms with van der Waals surface area (Å²) >= 11 is 0. The van der Waals surface area contributed by atoms with Gasteiger partial charge in [0.05, 0.1) is 18.2 Å². The van der Waals surface area contributed by atoms with Crippen molar-refractivity contribution in [2.75, 3.05) is 19.6 Å². The number of hydrogen-bond donors (Lipinski definition) is 2. The molecule has 1 saturated heterocycles. The zero-order valence-electron chi connectivity index (χ0n) is 15.6. The van der Waals surface area contributed by atoms with Gasteiger partial charge in [-0.2, -0.15) is 5.26 Å². The molecule has 26 heavy (non-hydrogen) atoms. The van der Waals surface area contributed by atoms with Gasteiger partial charge in [-0.25, -0.2) is 9.38 Å². The minimum Gasteiger partial charge on any atom is -0.357 e. The van der Waals surface area contributed by atoms with E-state index in [1.54, 1.807) is 0 Å². The molecule has 6 nitrogen and oxygen atoms in total. The minimum absolute atomic E-state index is 0.00830. The summed E-state index contributed by atoms with van der Waals surface area (Å²) in [6.45, 7) is 7.94. The molecule has 2 rings (SSSR count). The van der Waals surface area contributed by atoms with E-state index in [9.17, 15) is 9.18 Å². The molecule has 0 aliphatic carbocycles. The van der Waals surface area contributed by atoms with E-state index < -0.39 is 0 Å². The van der Waals surface area contributed by atoms with Gasteiger partial charge in [-0.3, -0.25) is 4.79 Å². The van der Waals surface area contributed by atoms with Gasteiger partial charge in [0.15, 0.2) is 5.96 Å². The van der Waals surface area contributed by atoms with Crippen LogP contribution in [0.3, 0.4) is 0 Å². The number of aliphatic imine (C=N–C) groups is 1. The Labute approximate surface area is 154 Å². The molecule has 1 aromatic rings. The maximum Gasteiger partial charge on any atom is 0.225 e. The number of rotatable bonds is 5. The number of nitrogens with zero attached hydrogens (tertiary/aromatic N) is 3. The topological polar surface area (TPSA) is 80.5 Å². The number of benzene rings is 1. The average molecular weight is 359 g/mol. The molecule has 0 radical (unpaired) electrons. The number of carbonyl (C=O) groups excluding carboxylic acids is 1. The number of amides is 1. The fourth-order valence-corrected chi connectivity index (χ4v) is 2.89. The number of halogens is 1. The highest BCUT2D eigenvalue weighted by Crippen LogP contribution is 2.14. The van der Waals surface area contributed by atoms with Crippen LogP contribution in [-0.4, -0.2) is 42.4 Å². The summed E-state index contributed by atoms with van der Waals surface area (Å²) in [5, 5.41) is 15.4. The Morgan fingerprint density at radius 2 is 2.27 bits per heavy atom. The first-order valence-electron chi connectivity index (χ1n) is 8.96. The molecule has 1 fully saturated rings. The Morgan fingerprint density at radius 1 is 1.50 bits per heavy atom. The van der Waals surface area contributed by atoms with Gasteiger partial charge in [0.1, 0.15) is 5.82 Å². The minimum atomic E-state index is -0.377. The summed E-state index contributed by atoms with van der Waals surface area (Å²) in [5.74, 6) is 0.356. The highest BCUT2D eigenvalue weighted by Gasteiger charge is 2.27. The Kier molecular flexibility index (Phi) is 6.96. The zero-order chi connectivity index (χ0) is 19.1. The van der Waals surface area contributed by atoms with Crippen molar-refractivity contribution in [1.29, 1.82) is 5.26 Å². The third kappa shape index (κ3) is 5.19. The van der Waals surface area contributed by atoms with Crippen molar-refractivity contribution in [2.45, 2.75) is 39.8 Å². The van der Waals surface area contributed by atoms with Gasteiger partial charge in [-0.05, 0) is 31.5 Å². The Bertz CT molecular complexity index is 710. The zero-order valence-corrected chi connectivity index (χ0v) is 15.6. The van der Waals surface area contributed by atoms with Crippen LogP contribution in [0.5, 0.6) is 0 Å². The largest absolute Gasteiger partial charge is 0.357 e. The van der Waals surface area contributed by atoms with Gasteiger partial charge in [0.25, 0.3) is 0 Å². The Morgan fingerprint density at radius 3 is 2.92 bits per heavy atom. The molecule has 1 aliphatic heterocycles. The fraction of sp³-hybridized carbons (Fsp3) is 0.526.